The van der Waals surface area contributed by atoms with Crippen molar-refractivity contribution in [3.05, 3.63) is 24.3 Å². The van der Waals surface area contributed by atoms with Crippen LogP contribution in [0.3, 0.4) is 0 Å². The van der Waals surface area contributed by atoms with Gasteiger partial charge < -0.3 is 16.0 Å². The summed E-state index contributed by atoms with van der Waals surface area (Å²) in [5, 5.41) is 9.17. The van der Waals surface area contributed by atoms with E-state index in [0.717, 1.165) is 23.2 Å². The molecule has 2 amide bonds. The minimum atomic E-state index is -0.298. The van der Waals surface area contributed by atoms with Gasteiger partial charge in [0.25, 0.3) is 0 Å². The van der Waals surface area contributed by atoms with Crippen molar-refractivity contribution in [2.75, 3.05) is 10.6 Å². The molecule has 1 aromatic carbocycles. The molecule has 2 saturated carbocycles. The normalized spacial score (nSPS) is 26.8. The number of nitrogens with one attached hydrogen (secondary N) is 3. The van der Waals surface area contributed by atoms with Crippen LogP contribution in [0.5, 0.6) is 0 Å². The number of carbonyl (C=O) groups excluding carboxylic acids is 2. The van der Waals surface area contributed by atoms with Gasteiger partial charge in [0.15, 0.2) is 0 Å². The van der Waals surface area contributed by atoms with E-state index >= 15 is 0 Å². The Balaban J connectivity index is 1.49. The zero-order valence-corrected chi connectivity index (χ0v) is 15.3. The maximum Gasteiger partial charge on any atom is 0.242 e. The second-order valence-electron chi connectivity index (χ2n) is 7.76. The van der Waals surface area contributed by atoms with Crippen molar-refractivity contribution < 1.29 is 9.59 Å². The van der Waals surface area contributed by atoms with Gasteiger partial charge in [-0.2, -0.15) is 0 Å². The van der Waals surface area contributed by atoms with E-state index in [-0.39, 0.29) is 23.9 Å². The monoisotopic (exact) mass is 343 g/mol. The molecular formula is C20H29N3O2. The summed E-state index contributed by atoms with van der Waals surface area (Å²) in [5.74, 6) is 2.30. The maximum atomic E-state index is 12.5. The van der Waals surface area contributed by atoms with Crippen molar-refractivity contribution in [3.63, 3.8) is 0 Å². The van der Waals surface area contributed by atoms with E-state index in [9.17, 15) is 9.59 Å². The zero-order valence-electron chi connectivity index (χ0n) is 15.3. The van der Waals surface area contributed by atoms with Gasteiger partial charge in [0.2, 0.25) is 11.8 Å². The third-order valence-corrected chi connectivity index (χ3v) is 5.79. The molecule has 3 N–H and O–H groups in total. The highest BCUT2D eigenvalue weighted by atomic mass is 16.2. The first-order valence-electron chi connectivity index (χ1n) is 9.37. The molecule has 0 saturated heterocycles. The number of rotatable bonds is 6. The molecule has 0 aromatic heterocycles. The lowest BCUT2D eigenvalue weighted by atomic mass is 9.84. The second-order valence-corrected chi connectivity index (χ2v) is 7.76. The Bertz CT molecular complexity index is 628. The molecule has 2 aliphatic rings. The molecule has 0 spiro atoms. The highest BCUT2D eigenvalue weighted by Gasteiger charge is 2.42. The first-order valence-corrected chi connectivity index (χ1v) is 9.37. The number of hydrogen-bond acceptors (Lipinski definition) is 3. The van der Waals surface area contributed by atoms with Gasteiger partial charge in [0.05, 0.1) is 0 Å². The van der Waals surface area contributed by atoms with Crippen LogP contribution in [0, 0.1) is 17.8 Å². The fourth-order valence-electron chi connectivity index (χ4n) is 4.53. The Morgan fingerprint density at radius 3 is 2.28 bits per heavy atom. The van der Waals surface area contributed by atoms with Gasteiger partial charge in [-0.25, -0.2) is 0 Å². The van der Waals surface area contributed by atoms with E-state index in [1.54, 1.807) is 0 Å². The van der Waals surface area contributed by atoms with Crippen molar-refractivity contribution in [1.82, 2.24) is 5.32 Å². The van der Waals surface area contributed by atoms with Crippen LogP contribution in [-0.4, -0.2) is 23.9 Å². The number of benzene rings is 1. The number of hydrogen-bond donors (Lipinski definition) is 3. The summed E-state index contributed by atoms with van der Waals surface area (Å²) < 4.78 is 0. The summed E-state index contributed by atoms with van der Waals surface area (Å²) in [6.07, 6.45) is 5.36. The predicted octanol–water partition coefficient (Wildman–Crippen LogP) is 3.39. The second kappa shape index (κ2) is 7.46. The highest BCUT2D eigenvalue weighted by Crippen LogP contribution is 2.49. The van der Waals surface area contributed by atoms with Gasteiger partial charge >= 0.3 is 0 Å². The largest absolute Gasteiger partial charge is 0.374 e. The van der Waals surface area contributed by atoms with Gasteiger partial charge in [-0.15, -0.1) is 0 Å². The Morgan fingerprint density at radius 2 is 1.72 bits per heavy atom. The Morgan fingerprint density at radius 1 is 1.04 bits per heavy atom. The smallest absolute Gasteiger partial charge is 0.242 e. The van der Waals surface area contributed by atoms with E-state index < -0.39 is 0 Å². The summed E-state index contributed by atoms with van der Waals surface area (Å²) in [7, 11) is 0. The SMILES string of the molecule is CC(=O)Nc1ccc(N[C@H](C)C(=O)N[C@H](C)[C@@H]2C[C@H]3CC[C@H]2C3)cc1. The lowest BCUT2D eigenvalue weighted by Gasteiger charge is -2.29. The molecule has 0 aliphatic heterocycles. The van der Waals surface area contributed by atoms with Gasteiger partial charge in [-0.1, -0.05) is 6.42 Å². The minimum absolute atomic E-state index is 0.0428. The van der Waals surface area contributed by atoms with Gasteiger partial charge in [0, 0.05) is 24.3 Å². The summed E-state index contributed by atoms with van der Waals surface area (Å²) in [4.78, 5) is 23.5. The Hall–Kier alpha value is -2.04. The van der Waals surface area contributed by atoms with Crippen molar-refractivity contribution in [2.24, 2.45) is 17.8 Å². The van der Waals surface area contributed by atoms with E-state index in [4.69, 9.17) is 0 Å². The summed E-state index contributed by atoms with van der Waals surface area (Å²) in [5.41, 5.74) is 1.62. The van der Waals surface area contributed by atoms with Crippen LogP contribution in [0.2, 0.25) is 0 Å². The van der Waals surface area contributed by atoms with Gasteiger partial charge in [0.1, 0.15) is 6.04 Å². The number of fused-ring (bicyclic) bond motifs is 2. The lowest BCUT2D eigenvalue weighted by Crippen LogP contribution is -2.46. The van der Waals surface area contributed by atoms with E-state index in [0.29, 0.717) is 5.92 Å². The quantitative estimate of drug-likeness (QED) is 0.741. The lowest BCUT2D eigenvalue weighted by molar-refractivity contribution is -0.122. The highest BCUT2D eigenvalue weighted by molar-refractivity contribution is 5.89. The summed E-state index contributed by atoms with van der Waals surface area (Å²) >= 11 is 0. The van der Waals surface area contributed by atoms with Crippen molar-refractivity contribution in [2.45, 2.75) is 58.5 Å². The van der Waals surface area contributed by atoms with Crippen molar-refractivity contribution in [3.8, 4) is 0 Å². The molecular weight excluding hydrogens is 314 g/mol. The molecule has 136 valence electrons. The van der Waals surface area contributed by atoms with E-state index in [1.165, 1.54) is 32.6 Å². The molecule has 3 rings (SSSR count). The van der Waals surface area contributed by atoms with Crippen molar-refractivity contribution in [1.29, 1.82) is 0 Å². The number of anilines is 2. The molecule has 25 heavy (non-hydrogen) atoms. The molecule has 0 heterocycles. The molecule has 5 heteroatoms. The van der Waals surface area contributed by atoms with Gasteiger partial charge in [-0.05, 0) is 75.1 Å². The van der Waals surface area contributed by atoms with Crippen molar-refractivity contribution >= 4 is 23.2 Å². The third kappa shape index (κ3) is 4.33. The van der Waals surface area contributed by atoms with Crippen LogP contribution in [0.25, 0.3) is 0 Å². The molecule has 5 atom stereocenters. The Labute approximate surface area is 150 Å². The average molecular weight is 343 g/mol. The van der Waals surface area contributed by atoms with Crippen LogP contribution in [0.15, 0.2) is 24.3 Å². The van der Waals surface area contributed by atoms with E-state index in [1.807, 2.05) is 31.2 Å². The zero-order chi connectivity index (χ0) is 18.0. The van der Waals surface area contributed by atoms with Crippen LogP contribution in [-0.2, 0) is 9.59 Å². The molecule has 0 radical (unpaired) electrons. The van der Waals surface area contributed by atoms with Crippen LogP contribution >= 0.6 is 0 Å². The third-order valence-electron chi connectivity index (χ3n) is 5.79. The summed E-state index contributed by atoms with van der Waals surface area (Å²) in [6, 6.07) is 7.34. The molecule has 2 bridgehead atoms. The number of amides is 2. The summed E-state index contributed by atoms with van der Waals surface area (Å²) in [6.45, 7) is 5.51. The fourth-order valence-corrected chi connectivity index (χ4v) is 4.53. The standard InChI is InChI=1S/C20H29N3O2/c1-12(19-11-15-4-5-16(19)10-15)22-20(25)13(2)21-17-6-8-18(9-7-17)23-14(3)24/h6-9,12-13,15-16,19,21H,4-5,10-11H2,1-3H3,(H,22,25)(H,23,24)/t12-,13-,15+,16+,19+/m1/s1. The van der Waals surface area contributed by atoms with Crippen LogP contribution < -0.4 is 16.0 Å². The maximum absolute atomic E-state index is 12.5. The molecule has 5 nitrogen and oxygen atoms in total. The average Bonchev–Trinajstić information content (AvgIpc) is 3.19. The first kappa shape index (κ1) is 17.8. The molecule has 2 fully saturated rings. The molecule has 2 aliphatic carbocycles. The number of carbonyl (C=O) groups is 2. The molecule has 1 aromatic rings. The van der Waals surface area contributed by atoms with Crippen LogP contribution in [0.1, 0.15) is 46.5 Å². The minimum Gasteiger partial charge on any atom is -0.374 e. The first-order chi connectivity index (χ1) is 11.9. The topological polar surface area (TPSA) is 70.2 Å². The predicted molar refractivity (Wildman–Crippen MR) is 100 cm³/mol. The van der Waals surface area contributed by atoms with Gasteiger partial charge in [-0.3, -0.25) is 9.59 Å². The van der Waals surface area contributed by atoms with Crippen LogP contribution in [0.4, 0.5) is 11.4 Å². The molecule has 0 unspecified atom stereocenters. The fraction of sp³-hybridized carbons (Fsp3) is 0.600. The van der Waals surface area contributed by atoms with E-state index in [2.05, 4.69) is 22.9 Å². The Kier molecular flexibility index (Phi) is 5.30.